The van der Waals surface area contributed by atoms with Crippen LogP contribution in [0.2, 0.25) is 5.15 Å². The first-order valence-corrected chi connectivity index (χ1v) is 13.6. The molecule has 3 aromatic carbocycles. The SMILES string of the molecule is Cc1nc(Cl)cn1-c1ccc(-c2cccc(S(C)(=O)=O)c2)cc1-n1nncc1-c1ccc(OC(F)(F)F)cc1. The summed E-state index contributed by atoms with van der Waals surface area (Å²) in [7, 11) is -3.43. The summed E-state index contributed by atoms with van der Waals surface area (Å²) in [6.07, 6.45) is -0.551. The smallest absolute Gasteiger partial charge is 0.406 e. The number of aromatic nitrogens is 5. The van der Waals surface area contributed by atoms with Gasteiger partial charge in [-0.3, -0.25) is 0 Å². The first-order chi connectivity index (χ1) is 18.4. The van der Waals surface area contributed by atoms with Crippen LogP contribution < -0.4 is 4.74 Å². The third-order valence-corrected chi connectivity index (χ3v) is 7.14. The molecule has 0 atom stereocenters. The monoisotopic (exact) mass is 573 g/mol. The van der Waals surface area contributed by atoms with Crippen LogP contribution in [0.5, 0.6) is 5.75 Å². The molecule has 2 aromatic heterocycles. The lowest BCUT2D eigenvalue weighted by Crippen LogP contribution is -2.16. The highest BCUT2D eigenvalue weighted by atomic mass is 35.5. The number of sulfone groups is 1. The topological polar surface area (TPSA) is 91.9 Å². The van der Waals surface area contributed by atoms with Gasteiger partial charge in [-0.1, -0.05) is 35.0 Å². The van der Waals surface area contributed by atoms with Crippen molar-refractivity contribution in [2.75, 3.05) is 6.26 Å². The van der Waals surface area contributed by atoms with Crippen LogP contribution in [0.3, 0.4) is 0 Å². The highest BCUT2D eigenvalue weighted by molar-refractivity contribution is 7.90. The van der Waals surface area contributed by atoms with Crippen LogP contribution in [-0.2, 0) is 9.84 Å². The zero-order valence-electron chi connectivity index (χ0n) is 20.4. The Kier molecular flexibility index (Phi) is 6.69. The van der Waals surface area contributed by atoms with Crippen LogP contribution >= 0.6 is 11.6 Å². The summed E-state index contributed by atoms with van der Waals surface area (Å²) in [5, 5.41) is 8.57. The Morgan fingerprint density at radius 2 is 1.62 bits per heavy atom. The molecule has 2 heterocycles. The molecule has 0 saturated carbocycles. The number of ether oxygens (including phenoxy) is 1. The zero-order chi connectivity index (χ0) is 27.9. The fourth-order valence-electron chi connectivity index (χ4n) is 4.10. The fraction of sp³-hybridized carbons (Fsp3) is 0.115. The minimum atomic E-state index is -4.81. The van der Waals surface area contributed by atoms with E-state index in [1.165, 1.54) is 41.2 Å². The van der Waals surface area contributed by atoms with E-state index < -0.39 is 16.2 Å². The molecule has 8 nitrogen and oxygen atoms in total. The predicted molar refractivity (Wildman–Crippen MR) is 139 cm³/mol. The quantitative estimate of drug-likeness (QED) is 0.245. The van der Waals surface area contributed by atoms with Crippen LogP contribution in [0.4, 0.5) is 13.2 Å². The Balaban J connectivity index is 1.66. The van der Waals surface area contributed by atoms with Crippen molar-refractivity contribution in [2.45, 2.75) is 18.2 Å². The average Bonchev–Trinajstić information content (AvgIpc) is 3.49. The summed E-state index contributed by atoms with van der Waals surface area (Å²) in [4.78, 5) is 4.43. The molecule has 0 aliphatic heterocycles. The van der Waals surface area contributed by atoms with Crippen molar-refractivity contribution < 1.29 is 26.3 Å². The van der Waals surface area contributed by atoms with Gasteiger partial charge in [-0.05, 0) is 66.6 Å². The maximum atomic E-state index is 12.6. The summed E-state index contributed by atoms with van der Waals surface area (Å²) in [5.74, 6) is 0.241. The first-order valence-electron chi connectivity index (χ1n) is 11.3. The number of halogens is 4. The number of benzene rings is 3. The largest absolute Gasteiger partial charge is 0.573 e. The minimum Gasteiger partial charge on any atom is -0.406 e. The molecule has 0 aliphatic rings. The van der Waals surface area contributed by atoms with Crippen molar-refractivity contribution in [3.05, 3.63) is 90.1 Å². The van der Waals surface area contributed by atoms with E-state index in [-0.39, 0.29) is 15.8 Å². The van der Waals surface area contributed by atoms with Crippen molar-refractivity contribution in [3.63, 3.8) is 0 Å². The predicted octanol–water partition coefficient (Wildman–Crippen LogP) is 6.05. The number of nitrogens with zero attached hydrogens (tertiary/aromatic N) is 5. The van der Waals surface area contributed by atoms with Gasteiger partial charge >= 0.3 is 6.36 Å². The van der Waals surface area contributed by atoms with Gasteiger partial charge in [0.05, 0.1) is 28.2 Å². The van der Waals surface area contributed by atoms with E-state index >= 15 is 0 Å². The number of alkyl halides is 3. The number of hydrogen-bond acceptors (Lipinski definition) is 6. The maximum Gasteiger partial charge on any atom is 0.573 e. The van der Waals surface area contributed by atoms with Gasteiger partial charge in [0.15, 0.2) is 9.84 Å². The highest BCUT2D eigenvalue weighted by Gasteiger charge is 2.31. The number of aryl methyl sites for hydroxylation is 1. The number of hydrogen-bond donors (Lipinski definition) is 0. The van der Waals surface area contributed by atoms with Gasteiger partial charge in [-0.25, -0.2) is 18.1 Å². The van der Waals surface area contributed by atoms with Crippen molar-refractivity contribution in [3.8, 4) is 39.5 Å². The molecular weight excluding hydrogens is 555 g/mol. The standard InChI is InChI=1S/C26H19ClF3N5O3S/c1-16-32-25(27)15-34(16)22-11-8-19(18-4-3-5-21(12-18)39(2,36)37)13-23(22)35-24(14-31-33-35)17-6-9-20(10-7-17)38-26(28,29)30/h3-15H,1-2H3. The van der Waals surface area contributed by atoms with Crippen LogP contribution in [-0.4, -0.2) is 45.6 Å². The lowest BCUT2D eigenvalue weighted by Gasteiger charge is -2.16. The van der Waals surface area contributed by atoms with Gasteiger partial charge in [0.25, 0.3) is 0 Å². The molecular formula is C26H19ClF3N5O3S. The fourth-order valence-corrected chi connectivity index (χ4v) is 4.99. The molecule has 5 rings (SSSR count). The second-order valence-electron chi connectivity index (χ2n) is 8.59. The van der Waals surface area contributed by atoms with E-state index in [2.05, 4.69) is 20.0 Å². The highest BCUT2D eigenvalue weighted by Crippen LogP contribution is 2.33. The molecule has 200 valence electrons. The Morgan fingerprint density at radius 3 is 2.26 bits per heavy atom. The molecule has 0 amide bonds. The van der Waals surface area contributed by atoms with Crippen molar-refractivity contribution >= 4 is 21.4 Å². The van der Waals surface area contributed by atoms with Gasteiger partial charge in [0.2, 0.25) is 0 Å². The Hall–Kier alpha value is -4.16. The van der Waals surface area contributed by atoms with Crippen molar-refractivity contribution in [2.24, 2.45) is 0 Å². The Morgan fingerprint density at radius 1 is 0.923 bits per heavy atom. The van der Waals surface area contributed by atoms with E-state index in [9.17, 15) is 21.6 Å². The van der Waals surface area contributed by atoms with Gasteiger partial charge < -0.3 is 9.30 Å². The molecule has 13 heteroatoms. The van der Waals surface area contributed by atoms with Gasteiger partial charge in [0, 0.05) is 18.0 Å². The molecule has 0 bridgehead atoms. The molecule has 0 fully saturated rings. The van der Waals surface area contributed by atoms with E-state index in [0.717, 1.165) is 6.26 Å². The summed E-state index contributed by atoms with van der Waals surface area (Å²) in [6.45, 7) is 1.78. The molecule has 39 heavy (non-hydrogen) atoms. The first kappa shape index (κ1) is 26.4. The van der Waals surface area contributed by atoms with Crippen molar-refractivity contribution in [1.82, 2.24) is 24.5 Å². The summed E-state index contributed by atoms with van der Waals surface area (Å²) in [6, 6.07) is 17.3. The molecule has 5 aromatic rings. The normalized spacial score (nSPS) is 12.1. The maximum absolute atomic E-state index is 12.6. The second kappa shape index (κ2) is 9.86. The number of rotatable bonds is 6. The van der Waals surface area contributed by atoms with E-state index in [0.29, 0.717) is 39.6 Å². The Labute approximate surface area is 226 Å². The van der Waals surface area contributed by atoms with Crippen LogP contribution in [0.25, 0.3) is 33.8 Å². The second-order valence-corrected chi connectivity index (χ2v) is 11.0. The summed E-state index contributed by atoms with van der Waals surface area (Å²) < 4.78 is 69.4. The van der Waals surface area contributed by atoms with E-state index in [1.54, 1.807) is 35.9 Å². The minimum absolute atomic E-state index is 0.172. The molecule has 0 unspecified atom stereocenters. The lowest BCUT2D eigenvalue weighted by molar-refractivity contribution is -0.274. The van der Waals surface area contributed by atoms with Crippen LogP contribution in [0, 0.1) is 6.92 Å². The van der Waals surface area contributed by atoms with Gasteiger partial charge in [0.1, 0.15) is 16.7 Å². The molecule has 0 radical (unpaired) electrons. The van der Waals surface area contributed by atoms with Gasteiger partial charge in [-0.2, -0.15) is 0 Å². The summed E-state index contributed by atoms with van der Waals surface area (Å²) >= 11 is 6.15. The third-order valence-electron chi connectivity index (χ3n) is 5.84. The molecule has 0 aliphatic carbocycles. The average molecular weight is 574 g/mol. The lowest BCUT2D eigenvalue weighted by atomic mass is 10.0. The molecule has 0 saturated heterocycles. The number of imidazole rings is 1. The zero-order valence-corrected chi connectivity index (χ0v) is 22.0. The summed E-state index contributed by atoms with van der Waals surface area (Å²) in [5.41, 5.74) is 3.54. The Bertz CT molecular complexity index is 1780. The molecule has 0 spiro atoms. The van der Waals surface area contributed by atoms with E-state index in [4.69, 9.17) is 11.6 Å². The van der Waals surface area contributed by atoms with Gasteiger partial charge in [-0.15, -0.1) is 18.3 Å². The van der Waals surface area contributed by atoms with Crippen molar-refractivity contribution in [1.29, 1.82) is 0 Å². The van der Waals surface area contributed by atoms with E-state index in [1.807, 2.05) is 18.2 Å². The molecule has 0 N–H and O–H groups in total. The third kappa shape index (κ3) is 5.66. The van der Waals surface area contributed by atoms with Crippen LogP contribution in [0.1, 0.15) is 5.82 Å². The van der Waals surface area contributed by atoms with Crippen LogP contribution in [0.15, 0.2) is 84.0 Å².